The molecule has 3 heterocycles. The fraction of sp³-hybridized carbons (Fsp3) is 0.176. The highest BCUT2D eigenvalue weighted by Crippen LogP contribution is 2.26. The zero-order chi connectivity index (χ0) is 17.9. The van der Waals surface area contributed by atoms with Gasteiger partial charge in [0.15, 0.2) is 12.4 Å². The average molecular weight is 388 g/mol. The van der Waals surface area contributed by atoms with E-state index in [1.54, 1.807) is 23.5 Å². The molecular formula is C17H14ClN5O2S. The summed E-state index contributed by atoms with van der Waals surface area (Å²) in [5.74, 6) is 1.59. The summed E-state index contributed by atoms with van der Waals surface area (Å²) < 4.78 is 12.9. The van der Waals surface area contributed by atoms with Gasteiger partial charge >= 0.3 is 6.01 Å². The molecule has 0 aliphatic carbocycles. The first-order chi connectivity index (χ1) is 12.7. The smallest absolute Gasteiger partial charge is 0.317 e. The number of halogens is 1. The van der Waals surface area contributed by atoms with Gasteiger partial charge in [-0.15, -0.1) is 16.4 Å². The van der Waals surface area contributed by atoms with Crippen LogP contribution in [0.15, 0.2) is 46.3 Å². The Morgan fingerprint density at radius 1 is 1.23 bits per heavy atom. The quantitative estimate of drug-likeness (QED) is 0.490. The predicted molar refractivity (Wildman–Crippen MR) is 98.1 cm³/mol. The number of thiophene rings is 1. The molecule has 0 unspecified atom stereocenters. The molecule has 0 spiro atoms. The molecule has 7 nitrogen and oxygen atoms in total. The Bertz CT molecular complexity index is 1010. The molecule has 0 atom stereocenters. The molecule has 0 aliphatic heterocycles. The van der Waals surface area contributed by atoms with Crippen molar-refractivity contribution in [2.24, 2.45) is 0 Å². The highest BCUT2D eigenvalue weighted by molar-refractivity contribution is 7.13. The molecule has 0 N–H and O–H groups in total. The van der Waals surface area contributed by atoms with E-state index in [0.717, 1.165) is 16.3 Å². The van der Waals surface area contributed by atoms with Crippen molar-refractivity contribution in [2.75, 3.05) is 0 Å². The molecule has 0 saturated carbocycles. The van der Waals surface area contributed by atoms with E-state index in [-0.39, 0.29) is 6.61 Å². The second kappa shape index (κ2) is 7.27. The first-order valence-electron chi connectivity index (χ1n) is 7.93. The van der Waals surface area contributed by atoms with Gasteiger partial charge in [0.1, 0.15) is 0 Å². The zero-order valence-electron chi connectivity index (χ0n) is 13.8. The number of nitrogens with zero attached hydrogens (tertiary/aromatic N) is 5. The fourth-order valence-corrected chi connectivity index (χ4v) is 3.36. The van der Waals surface area contributed by atoms with Crippen molar-refractivity contribution in [3.05, 3.63) is 52.6 Å². The topological polar surface area (TPSA) is 78.9 Å². The molecule has 0 bridgehead atoms. The molecule has 4 aromatic rings. The van der Waals surface area contributed by atoms with E-state index in [9.17, 15) is 0 Å². The number of rotatable bonds is 6. The van der Waals surface area contributed by atoms with Crippen molar-refractivity contribution in [3.63, 3.8) is 0 Å². The van der Waals surface area contributed by atoms with Crippen molar-refractivity contribution in [1.29, 1.82) is 0 Å². The van der Waals surface area contributed by atoms with Crippen LogP contribution in [-0.4, -0.2) is 24.9 Å². The minimum atomic E-state index is 0.132. The van der Waals surface area contributed by atoms with Crippen LogP contribution in [0, 0.1) is 0 Å². The molecule has 0 saturated heterocycles. The standard InChI is InChI=1S/C17H14ClN5O2S/c1-2-23-15(13-7-4-8-26-13)20-21-17(23)24-10-14-19-16(25-22-14)11-5-3-6-12(18)9-11/h3-9H,2,10H2,1H3. The molecule has 132 valence electrons. The molecule has 3 aromatic heterocycles. The van der Waals surface area contributed by atoms with Crippen LogP contribution < -0.4 is 4.74 Å². The lowest BCUT2D eigenvalue weighted by atomic mass is 10.2. The van der Waals surface area contributed by atoms with Crippen LogP contribution in [0.5, 0.6) is 6.01 Å². The summed E-state index contributed by atoms with van der Waals surface area (Å²) in [5, 5.41) is 14.9. The van der Waals surface area contributed by atoms with Gasteiger partial charge in [0.05, 0.1) is 4.88 Å². The van der Waals surface area contributed by atoms with Crippen LogP contribution in [0.25, 0.3) is 22.2 Å². The Morgan fingerprint density at radius 3 is 2.92 bits per heavy atom. The molecule has 0 amide bonds. The molecule has 0 aliphatic rings. The maximum Gasteiger partial charge on any atom is 0.317 e. The monoisotopic (exact) mass is 387 g/mol. The predicted octanol–water partition coefficient (Wildman–Crippen LogP) is 4.31. The normalized spacial score (nSPS) is 11.0. The minimum Gasteiger partial charge on any atom is -0.455 e. The van der Waals surface area contributed by atoms with Crippen LogP contribution >= 0.6 is 22.9 Å². The summed E-state index contributed by atoms with van der Waals surface area (Å²) >= 11 is 7.60. The highest BCUT2D eigenvalue weighted by Gasteiger charge is 2.16. The van der Waals surface area contributed by atoms with Crippen molar-refractivity contribution >= 4 is 22.9 Å². The Balaban J connectivity index is 1.50. The summed E-state index contributed by atoms with van der Waals surface area (Å²) in [6.07, 6.45) is 0. The first kappa shape index (κ1) is 16.7. The van der Waals surface area contributed by atoms with Crippen molar-refractivity contribution in [2.45, 2.75) is 20.1 Å². The van der Waals surface area contributed by atoms with E-state index in [0.29, 0.717) is 29.3 Å². The number of hydrogen-bond acceptors (Lipinski definition) is 7. The number of benzene rings is 1. The second-order valence-corrected chi connectivity index (χ2v) is 6.73. The minimum absolute atomic E-state index is 0.132. The fourth-order valence-electron chi connectivity index (χ4n) is 2.45. The van der Waals surface area contributed by atoms with Gasteiger partial charge in [-0.2, -0.15) is 4.98 Å². The van der Waals surface area contributed by atoms with E-state index >= 15 is 0 Å². The van der Waals surface area contributed by atoms with Crippen molar-refractivity contribution in [1.82, 2.24) is 24.9 Å². The van der Waals surface area contributed by atoms with Gasteiger partial charge in [0.25, 0.3) is 5.89 Å². The van der Waals surface area contributed by atoms with E-state index in [2.05, 4.69) is 20.3 Å². The first-order valence-corrected chi connectivity index (χ1v) is 9.18. The molecule has 26 heavy (non-hydrogen) atoms. The SMILES string of the molecule is CCn1c(OCc2noc(-c3cccc(Cl)c3)n2)nnc1-c1cccs1. The Labute approximate surface area is 158 Å². The van der Waals surface area contributed by atoms with Gasteiger partial charge in [0.2, 0.25) is 5.82 Å². The lowest BCUT2D eigenvalue weighted by Gasteiger charge is -2.06. The van der Waals surface area contributed by atoms with Crippen LogP contribution in [0.3, 0.4) is 0 Å². The molecular weight excluding hydrogens is 374 g/mol. The maximum absolute atomic E-state index is 5.99. The lowest BCUT2D eigenvalue weighted by Crippen LogP contribution is -2.05. The summed E-state index contributed by atoms with van der Waals surface area (Å²) in [6, 6.07) is 11.6. The van der Waals surface area contributed by atoms with Gasteiger partial charge < -0.3 is 9.26 Å². The Hall–Kier alpha value is -2.71. The number of aromatic nitrogens is 5. The number of ether oxygens (including phenoxy) is 1. The second-order valence-electron chi connectivity index (χ2n) is 5.34. The molecule has 1 aromatic carbocycles. The highest BCUT2D eigenvalue weighted by atomic mass is 35.5. The molecule has 0 fully saturated rings. The van der Waals surface area contributed by atoms with Gasteiger partial charge in [0, 0.05) is 17.1 Å². The van der Waals surface area contributed by atoms with Gasteiger partial charge in [-0.3, -0.25) is 4.57 Å². The van der Waals surface area contributed by atoms with E-state index < -0.39 is 0 Å². The third-order valence-corrected chi connectivity index (χ3v) is 4.75. The van der Waals surface area contributed by atoms with E-state index in [1.807, 2.05) is 41.1 Å². The average Bonchev–Trinajstić information content (AvgIpc) is 3.39. The third-order valence-electron chi connectivity index (χ3n) is 3.64. The van der Waals surface area contributed by atoms with E-state index in [1.165, 1.54) is 0 Å². The lowest BCUT2D eigenvalue weighted by molar-refractivity contribution is 0.253. The Kier molecular flexibility index (Phi) is 4.68. The summed E-state index contributed by atoms with van der Waals surface area (Å²) in [7, 11) is 0. The maximum atomic E-state index is 5.99. The largest absolute Gasteiger partial charge is 0.455 e. The summed E-state index contributed by atoms with van der Waals surface area (Å²) in [4.78, 5) is 5.37. The van der Waals surface area contributed by atoms with E-state index in [4.69, 9.17) is 20.9 Å². The number of hydrogen-bond donors (Lipinski definition) is 0. The molecule has 9 heteroatoms. The van der Waals surface area contributed by atoms with Crippen molar-refractivity contribution in [3.8, 4) is 28.2 Å². The van der Waals surface area contributed by atoms with Crippen LogP contribution in [-0.2, 0) is 13.2 Å². The third kappa shape index (κ3) is 3.33. The van der Waals surface area contributed by atoms with Crippen LogP contribution in [0.1, 0.15) is 12.7 Å². The molecule has 4 rings (SSSR count). The van der Waals surface area contributed by atoms with Crippen molar-refractivity contribution < 1.29 is 9.26 Å². The van der Waals surface area contributed by atoms with Gasteiger partial charge in [-0.05, 0) is 36.6 Å². The van der Waals surface area contributed by atoms with Crippen LogP contribution in [0.4, 0.5) is 0 Å². The zero-order valence-corrected chi connectivity index (χ0v) is 15.4. The Morgan fingerprint density at radius 2 is 2.15 bits per heavy atom. The summed E-state index contributed by atoms with van der Waals surface area (Å²) in [6.45, 7) is 2.83. The van der Waals surface area contributed by atoms with Gasteiger partial charge in [-0.25, -0.2) is 0 Å². The van der Waals surface area contributed by atoms with Gasteiger partial charge in [-0.1, -0.05) is 34.0 Å². The molecule has 0 radical (unpaired) electrons. The summed E-state index contributed by atoms with van der Waals surface area (Å²) in [5.41, 5.74) is 0.757. The van der Waals surface area contributed by atoms with Crippen LogP contribution in [0.2, 0.25) is 5.02 Å².